The third-order valence-corrected chi connectivity index (χ3v) is 5.43. The number of hydrogen-bond donors (Lipinski definition) is 0. The maximum absolute atomic E-state index is 4.91. The van der Waals surface area contributed by atoms with Gasteiger partial charge in [0, 0.05) is 32.7 Å². The normalized spacial score (nSPS) is 11.6. The van der Waals surface area contributed by atoms with E-state index in [-0.39, 0.29) is 0 Å². The van der Waals surface area contributed by atoms with Crippen LogP contribution >= 0.6 is 0 Å². The number of hydrogen-bond acceptors (Lipinski definition) is 2. The Hall–Kier alpha value is -3.78. The average Bonchev–Trinajstić information content (AvgIpc) is 2.76. The quantitative estimate of drug-likeness (QED) is 0.304. The van der Waals surface area contributed by atoms with Crippen molar-refractivity contribution in [2.24, 2.45) is 0 Å². The zero-order valence-electron chi connectivity index (χ0n) is 15.1. The van der Waals surface area contributed by atoms with E-state index < -0.39 is 0 Å². The molecule has 2 nitrogen and oxygen atoms in total. The Balaban J connectivity index is 1.95. The average molecular weight is 356 g/mol. The minimum absolute atomic E-state index is 1.01. The van der Waals surface area contributed by atoms with Crippen LogP contribution in [0.4, 0.5) is 0 Å². The summed E-state index contributed by atoms with van der Waals surface area (Å²) in [6, 6.07) is 33.6. The lowest BCUT2D eigenvalue weighted by molar-refractivity contribution is 1.48. The summed E-state index contributed by atoms with van der Waals surface area (Å²) in [5.74, 6) is 0. The van der Waals surface area contributed by atoms with Crippen LogP contribution in [0.1, 0.15) is 0 Å². The molecule has 6 rings (SSSR count). The molecule has 2 heteroatoms. The summed E-state index contributed by atoms with van der Waals surface area (Å²) in [6.07, 6.45) is 0. The van der Waals surface area contributed by atoms with Gasteiger partial charge in [-0.25, -0.2) is 9.97 Å². The smallest absolute Gasteiger partial charge is 0.0715 e. The van der Waals surface area contributed by atoms with E-state index in [4.69, 9.17) is 9.97 Å². The van der Waals surface area contributed by atoms with E-state index in [1.165, 1.54) is 32.7 Å². The third-order valence-electron chi connectivity index (χ3n) is 5.43. The highest BCUT2D eigenvalue weighted by Crippen LogP contribution is 2.41. The molecule has 0 amide bonds. The molecule has 0 N–H and O–H groups in total. The summed E-state index contributed by atoms with van der Waals surface area (Å²) in [5.41, 5.74) is 6.52. The number of benzene rings is 4. The van der Waals surface area contributed by atoms with E-state index in [1.807, 2.05) is 0 Å². The van der Waals surface area contributed by atoms with Crippen molar-refractivity contribution in [3.05, 3.63) is 97.1 Å². The highest BCUT2D eigenvalue weighted by atomic mass is 14.7. The number of rotatable bonds is 1. The van der Waals surface area contributed by atoms with Gasteiger partial charge in [-0.05, 0) is 24.3 Å². The minimum atomic E-state index is 1.01. The Morgan fingerprint density at radius 3 is 0.857 bits per heavy atom. The fraction of sp³-hybridized carbons (Fsp3) is 0. The van der Waals surface area contributed by atoms with Crippen LogP contribution in [0, 0.1) is 0 Å². The van der Waals surface area contributed by atoms with Crippen LogP contribution in [-0.2, 0) is 0 Å². The SMILES string of the molecule is c1ccc2c(-c3c4ccccc4nc4ccccc34)c3ccccc3nc2c1. The van der Waals surface area contributed by atoms with E-state index in [2.05, 4.69) is 97.1 Å². The van der Waals surface area contributed by atoms with Gasteiger partial charge in [0.2, 0.25) is 0 Å². The van der Waals surface area contributed by atoms with Gasteiger partial charge in [-0.3, -0.25) is 0 Å². The van der Waals surface area contributed by atoms with Crippen molar-refractivity contribution in [1.29, 1.82) is 0 Å². The van der Waals surface area contributed by atoms with Crippen LogP contribution in [0.3, 0.4) is 0 Å². The number of nitrogens with zero attached hydrogens (tertiary/aromatic N) is 2. The maximum Gasteiger partial charge on any atom is 0.0715 e. The summed E-state index contributed by atoms with van der Waals surface area (Å²) in [6.45, 7) is 0. The Bertz CT molecular complexity index is 1290. The third kappa shape index (κ3) is 2.15. The lowest BCUT2D eigenvalue weighted by atomic mass is 9.91. The van der Waals surface area contributed by atoms with Crippen LogP contribution in [0.25, 0.3) is 54.7 Å². The molecule has 0 atom stereocenters. The van der Waals surface area contributed by atoms with Crippen molar-refractivity contribution in [2.45, 2.75) is 0 Å². The van der Waals surface area contributed by atoms with Gasteiger partial charge in [0.1, 0.15) is 0 Å². The molecule has 0 saturated carbocycles. The van der Waals surface area contributed by atoms with Gasteiger partial charge >= 0.3 is 0 Å². The lowest BCUT2D eigenvalue weighted by Crippen LogP contribution is -1.93. The van der Waals surface area contributed by atoms with Gasteiger partial charge in [0.25, 0.3) is 0 Å². The summed E-state index contributed by atoms with van der Waals surface area (Å²) in [5, 5.41) is 4.68. The molecular weight excluding hydrogens is 340 g/mol. The Morgan fingerprint density at radius 2 is 0.571 bits per heavy atom. The van der Waals surface area contributed by atoms with Crippen LogP contribution in [0.2, 0.25) is 0 Å². The van der Waals surface area contributed by atoms with E-state index >= 15 is 0 Å². The van der Waals surface area contributed by atoms with Crippen LogP contribution in [-0.4, -0.2) is 9.97 Å². The molecular formula is C26H16N2. The topological polar surface area (TPSA) is 25.8 Å². The van der Waals surface area contributed by atoms with Crippen LogP contribution in [0.15, 0.2) is 97.1 Å². The van der Waals surface area contributed by atoms with E-state index in [9.17, 15) is 0 Å². The van der Waals surface area contributed by atoms with Gasteiger partial charge in [0.15, 0.2) is 0 Å². The Kier molecular flexibility index (Phi) is 3.20. The molecule has 0 aliphatic rings. The van der Waals surface area contributed by atoms with Crippen molar-refractivity contribution in [1.82, 2.24) is 9.97 Å². The molecule has 130 valence electrons. The van der Waals surface area contributed by atoms with Crippen molar-refractivity contribution in [2.75, 3.05) is 0 Å². The minimum Gasteiger partial charge on any atom is -0.248 e. The first-order valence-electron chi connectivity index (χ1n) is 9.45. The van der Waals surface area contributed by atoms with E-state index in [1.54, 1.807) is 0 Å². The predicted molar refractivity (Wildman–Crippen MR) is 117 cm³/mol. The molecule has 6 aromatic rings. The number of para-hydroxylation sites is 4. The molecule has 0 aliphatic heterocycles. The molecule has 0 fully saturated rings. The second-order valence-corrected chi connectivity index (χ2v) is 7.04. The highest BCUT2D eigenvalue weighted by Gasteiger charge is 2.17. The molecule has 0 spiro atoms. The van der Waals surface area contributed by atoms with E-state index in [0.29, 0.717) is 0 Å². The summed E-state index contributed by atoms with van der Waals surface area (Å²) in [4.78, 5) is 9.82. The zero-order valence-corrected chi connectivity index (χ0v) is 15.1. The zero-order chi connectivity index (χ0) is 18.5. The molecule has 28 heavy (non-hydrogen) atoms. The van der Waals surface area contributed by atoms with Crippen molar-refractivity contribution >= 4 is 43.6 Å². The molecule has 0 saturated heterocycles. The first kappa shape index (κ1) is 15.3. The second kappa shape index (κ2) is 5.86. The second-order valence-electron chi connectivity index (χ2n) is 7.04. The predicted octanol–water partition coefficient (Wildman–Crippen LogP) is 6.76. The summed E-state index contributed by atoms with van der Waals surface area (Å²) < 4.78 is 0. The van der Waals surface area contributed by atoms with E-state index in [0.717, 1.165) is 22.1 Å². The molecule has 2 heterocycles. The Labute approximate surface area is 162 Å². The molecule has 0 radical (unpaired) electrons. The number of aromatic nitrogens is 2. The fourth-order valence-corrected chi connectivity index (χ4v) is 4.22. The molecule has 2 aromatic heterocycles. The van der Waals surface area contributed by atoms with Gasteiger partial charge in [0.05, 0.1) is 22.1 Å². The number of pyridine rings is 2. The maximum atomic E-state index is 4.91. The Morgan fingerprint density at radius 1 is 0.321 bits per heavy atom. The molecule has 0 bridgehead atoms. The van der Waals surface area contributed by atoms with Crippen LogP contribution in [0.5, 0.6) is 0 Å². The highest BCUT2D eigenvalue weighted by molar-refractivity contribution is 6.20. The van der Waals surface area contributed by atoms with Gasteiger partial charge in [-0.1, -0.05) is 72.8 Å². The van der Waals surface area contributed by atoms with Gasteiger partial charge < -0.3 is 0 Å². The number of fused-ring (bicyclic) bond motifs is 4. The molecule has 4 aromatic carbocycles. The summed E-state index contributed by atoms with van der Waals surface area (Å²) in [7, 11) is 0. The van der Waals surface area contributed by atoms with Gasteiger partial charge in [-0.15, -0.1) is 0 Å². The first-order chi connectivity index (χ1) is 13.9. The first-order valence-corrected chi connectivity index (χ1v) is 9.45. The molecule has 0 aliphatic carbocycles. The fourth-order valence-electron chi connectivity index (χ4n) is 4.22. The molecule has 0 unspecified atom stereocenters. The van der Waals surface area contributed by atoms with Crippen molar-refractivity contribution < 1.29 is 0 Å². The lowest BCUT2D eigenvalue weighted by Gasteiger charge is -2.16. The van der Waals surface area contributed by atoms with Crippen molar-refractivity contribution in [3.8, 4) is 11.1 Å². The largest absolute Gasteiger partial charge is 0.248 e. The van der Waals surface area contributed by atoms with Gasteiger partial charge in [-0.2, -0.15) is 0 Å². The monoisotopic (exact) mass is 356 g/mol. The standard InChI is InChI=1S/C26H16N2/c1-5-13-21-17(9-1)25(18-10-2-6-14-22(18)27-21)26-19-11-3-7-15-23(19)28-24-16-8-4-12-20(24)26/h1-16H. The summed E-state index contributed by atoms with van der Waals surface area (Å²) >= 11 is 0. The van der Waals surface area contributed by atoms with Crippen LogP contribution < -0.4 is 0 Å². The van der Waals surface area contributed by atoms with Crippen molar-refractivity contribution in [3.63, 3.8) is 0 Å².